The average Bonchev–Trinajstić information content (AvgIpc) is 3.06. The van der Waals surface area contributed by atoms with E-state index in [1.807, 2.05) is 36.4 Å². The summed E-state index contributed by atoms with van der Waals surface area (Å²) < 4.78 is 0. The molecule has 1 N–H and O–H groups in total. The number of fused-ring (bicyclic) bond motifs is 1. The summed E-state index contributed by atoms with van der Waals surface area (Å²) in [7, 11) is 0. The molecule has 0 saturated carbocycles. The number of para-hydroxylation sites is 1. The zero-order valence-electron chi connectivity index (χ0n) is 13.7. The minimum Gasteiger partial charge on any atom is -0.384 e. The summed E-state index contributed by atoms with van der Waals surface area (Å²) in [6.45, 7) is 3.01. The van der Waals surface area contributed by atoms with Gasteiger partial charge in [-0.15, -0.1) is 0 Å². The maximum Gasteiger partial charge on any atom is 0.135 e. The van der Waals surface area contributed by atoms with Crippen LogP contribution in [0, 0.1) is 6.92 Å². The Morgan fingerprint density at radius 1 is 1.00 bits per heavy atom. The van der Waals surface area contributed by atoms with Crippen LogP contribution in [0.3, 0.4) is 0 Å². The van der Waals surface area contributed by atoms with E-state index in [0.717, 1.165) is 35.5 Å². The van der Waals surface area contributed by atoms with Crippen LogP contribution in [0.1, 0.15) is 28.4 Å². The van der Waals surface area contributed by atoms with Crippen molar-refractivity contribution in [3.63, 3.8) is 0 Å². The summed E-state index contributed by atoms with van der Waals surface area (Å²) in [4.78, 5) is 6.94. The fraction of sp³-hybridized carbons (Fsp3) is 0.190. The Hall–Kier alpha value is -2.65. The number of aliphatic hydroxyl groups excluding tert-OH is 1. The molecule has 0 aliphatic carbocycles. The fourth-order valence-electron chi connectivity index (χ4n) is 3.41. The van der Waals surface area contributed by atoms with Crippen molar-refractivity contribution >= 4 is 11.5 Å². The highest BCUT2D eigenvalue weighted by Crippen LogP contribution is 2.35. The minimum atomic E-state index is -0.641. The van der Waals surface area contributed by atoms with Gasteiger partial charge in [0.2, 0.25) is 0 Å². The van der Waals surface area contributed by atoms with Crippen molar-refractivity contribution < 1.29 is 5.11 Å². The molecule has 0 fully saturated rings. The smallest absolute Gasteiger partial charge is 0.135 e. The van der Waals surface area contributed by atoms with Gasteiger partial charge in [-0.25, -0.2) is 4.98 Å². The molecule has 0 radical (unpaired) electrons. The molecule has 1 atom stereocenters. The molecule has 3 heteroatoms. The van der Waals surface area contributed by atoms with Crippen LogP contribution in [0.25, 0.3) is 0 Å². The third-order valence-electron chi connectivity index (χ3n) is 4.65. The number of aryl methyl sites for hydroxylation is 1. The molecule has 0 saturated heterocycles. The van der Waals surface area contributed by atoms with Gasteiger partial charge in [-0.1, -0.05) is 48.5 Å². The predicted octanol–water partition coefficient (Wildman–Crippen LogP) is 4.17. The normalized spacial score (nSPS) is 14.5. The topological polar surface area (TPSA) is 36.4 Å². The number of hydrogen-bond donors (Lipinski definition) is 1. The van der Waals surface area contributed by atoms with Crippen molar-refractivity contribution in [2.24, 2.45) is 0 Å². The summed E-state index contributed by atoms with van der Waals surface area (Å²) in [5.74, 6) is 0.976. The second-order valence-electron chi connectivity index (χ2n) is 6.25. The SMILES string of the molecule is Cc1cc(C(O)c2ccccc2)cnc1N1CCc2ccccc21. The molecule has 0 amide bonds. The van der Waals surface area contributed by atoms with Crippen LogP contribution >= 0.6 is 0 Å². The number of aliphatic hydroxyl groups is 1. The second kappa shape index (κ2) is 6.10. The van der Waals surface area contributed by atoms with Gasteiger partial charge in [-0.05, 0) is 42.2 Å². The first-order valence-electron chi connectivity index (χ1n) is 8.29. The highest BCUT2D eigenvalue weighted by atomic mass is 16.3. The van der Waals surface area contributed by atoms with Gasteiger partial charge in [0, 0.05) is 24.0 Å². The van der Waals surface area contributed by atoms with E-state index >= 15 is 0 Å². The van der Waals surface area contributed by atoms with E-state index in [9.17, 15) is 5.11 Å². The number of pyridine rings is 1. The number of anilines is 2. The highest BCUT2D eigenvalue weighted by molar-refractivity contribution is 5.69. The van der Waals surface area contributed by atoms with E-state index in [0.29, 0.717) is 0 Å². The first kappa shape index (κ1) is 14.9. The maximum absolute atomic E-state index is 10.6. The molecule has 1 unspecified atom stereocenters. The number of hydrogen-bond acceptors (Lipinski definition) is 3. The van der Waals surface area contributed by atoms with Gasteiger partial charge >= 0.3 is 0 Å². The van der Waals surface area contributed by atoms with Gasteiger partial charge < -0.3 is 10.0 Å². The molecular formula is C21H20N2O. The molecule has 2 aromatic carbocycles. The minimum absolute atomic E-state index is 0.641. The molecule has 1 aliphatic rings. The molecular weight excluding hydrogens is 296 g/mol. The third-order valence-corrected chi connectivity index (χ3v) is 4.65. The maximum atomic E-state index is 10.6. The van der Waals surface area contributed by atoms with E-state index in [1.165, 1.54) is 11.3 Å². The van der Waals surface area contributed by atoms with Gasteiger partial charge in [0.25, 0.3) is 0 Å². The van der Waals surface area contributed by atoms with Crippen LogP contribution in [-0.2, 0) is 6.42 Å². The predicted molar refractivity (Wildman–Crippen MR) is 96.6 cm³/mol. The quantitative estimate of drug-likeness (QED) is 0.788. The van der Waals surface area contributed by atoms with E-state index < -0.39 is 6.10 Å². The van der Waals surface area contributed by atoms with E-state index in [2.05, 4.69) is 41.1 Å². The van der Waals surface area contributed by atoms with Gasteiger partial charge in [0.05, 0.1) is 0 Å². The first-order chi connectivity index (χ1) is 11.7. The molecule has 3 nitrogen and oxygen atoms in total. The zero-order chi connectivity index (χ0) is 16.5. The molecule has 0 bridgehead atoms. The van der Waals surface area contributed by atoms with Gasteiger partial charge in [0.15, 0.2) is 0 Å². The Kier molecular flexibility index (Phi) is 3.79. The molecule has 3 aromatic rings. The van der Waals surface area contributed by atoms with Crippen molar-refractivity contribution in [1.29, 1.82) is 0 Å². The van der Waals surface area contributed by atoms with Gasteiger partial charge in [-0.3, -0.25) is 0 Å². The standard InChI is InChI=1S/C21H20N2O/c1-15-13-18(20(24)17-8-3-2-4-9-17)14-22-21(15)23-12-11-16-7-5-6-10-19(16)23/h2-10,13-14,20,24H,11-12H2,1H3. The number of rotatable bonds is 3. The fourth-order valence-corrected chi connectivity index (χ4v) is 3.41. The lowest BCUT2D eigenvalue weighted by molar-refractivity contribution is 0.220. The van der Waals surface area contributed by atoms with Crippen LogP contribution in [0.4, 0.5) is 11.5 Å². The number of aromatic nitrogens is 1. The highest BCUT2D eigenvalue weighted by Gasteiger charge is 2.22. The molecule has 24 heavy (non-hydrogen) atoms. The Morgan fingerprint density at radius 2 is 1.75 bits per heavy atom. The molecule has 120 valence electrons. The summed E-state index contributed by atoms with van der Waals surface area (Å²) in [6.07, 6.45) is 2.20. The summed E-state index contributed by atoms with van der Waals surface area (Å²) >= 11 is 0. The lowest BCUT2D eigenvalue weighted by Crippen LogP contribution is -2.16. The van der Waals surface area contributed by atoms with Crippen LogP contribution in [0.5, 0.6) is 0 Å². The summed E-state index contributed by atoms with van der Waals surface area (Å²) in [5, 5.41) is 10.6. The Morgan fingerprint density at radius 3 is 2.54 bits per heavy atom. The number of nitrogens with zero attached hydrogens (tertiary/aromatic N) is 2. The van der Waals surface area contributed by atoms with Gasteiger partial charge in [-0.2, -0.15) is 0 Å². The average molecular weight is 316 g/mol. The lowest BCUT2D eigenvalue weighted by atomic mass is 10.0. The van der Waals surface area contributed by atoms with Crippen LogP contribution in [0.15, 0.2) is 66.9 Å². The van der Waals surface area contributed by atoms with Crippen LogP contribution < -0.4 is 4.90 Å². The second-order valence-corrected chi connectivity index (χ2v) is 6.25. The van der Waals surface area contributed by atoms with Crippen LogP contribution in [-0.4, -0.2) is 16.6 Å². The van der Waals surface area contributed by atoms with E-state index in [1.54, 1.807) is 6.20 Å². The Balaban J connectivity index is 1.66. The summed E-state index contributed by atoms with van der Waals surface area (Å²) in [5.41, 5.74) is 5.41. The van der Waals surface area contributed by atoms with E-state index in [4.69, 9.17) is 0 Å². The van der Waals surface area contributed by atoms with Crippen molar-refractivity contribution in [2.45, 2.75) is 19.4 Å². The monoisotopic (exact) mass is 316 g/mol. The number of benzene rings is 2. The molecule has 1 aromatic heterocycles. The van der Waals surface area contributed by atoms with Crippen molar-refractivity contribution in [3.8, 4) is 0 Å². The Labute approximate surface area is 142 Å². The molecule has 2 heterocycles. The van der Waals surface area contributed by atoms with Crippen molar-refractivity contribution in [3.05, 3.63) is 89.1 Å². The van der Waals surface area contributed by atoms with Crippen LogP contribution in [0.2, 0.25) is 0 Å². The summed E-state index contributed by atoms with van der Waals surface area (Å²) in [6, 6.07) is 20.2. The van der Waals surface area contributed by atoms with Crippen molar-refractivity contribution in [1.82, 2.24) is 4.98 Å². The molecule has 1 aliphatic heterocycles. The molecule has 4 rings (SSSR count). The first-order valence-corrected chi connectivity index (χ1v) is 8.29. The molecule has 0 spiro atoms. The third kappa shape index (κ3) is 2.57. The van der Waals surface area contributed by atoms with E-state index in [-0.39, 0.29) is 0 Å². The largest absolute Gasteiger partial charge is 0.384 e. The van der Waals surface area contributed by atoms with Gasteiger partial charge in [0.1, 0.15) is 11.9 Å². The zero-order valence-corrected chi connectivity index (χ0v) is 13.7. The lowest BCUT2D eigenvalue weighted by Gasteiger charge is -2.21. The van der Waals surface area contributed by atoms with Crippen molar-refractivity contribution in [2.75, 3.05) is 11.4 Å². The Bertz CT molecular complexity index is 861.